The van der Waals surface area contributed by atoms with Crippen molar-refractivity contribution < 1.29 is 4.42 Å². The van der Waals surface area contributed by atoms with Gasteiger partial charge in [0.1, 0.15) is 11.1 Å². The van der Waals surface area contributed by atoms with Gasteiger partial charge in [-0.05, 0) is 78.8 Å². The highest BCUT2D eigenvalue weighted by atomic mass is 16.3. The van der Waals surface area contributed by atoms with Gasteiger partial charge in [-0.1, -0.05) is 140 Å². The van der Waals surface area contributed by atoms with Crippen LogP contribution in [0.15, 0.2) is 174 Å². The fraction of sp³-hybridized carbons (Fsp3) is 0. The fourth-order valence-corrected chi connectivity index (χ4v) is 9.21. The number of hydrogen-bond acceptors (Lipinski definition) is 4. The zero-order valence-electron chi connectivity index (χ0n) is 29.9. The Hall–Kier alpha value is -7.63. The minimum absolute atomic E-state index is 0.536. The Balaban J connectivity index is 1.26. The molecule has 0 radical (unpaired) electrons. The predicted octanol–water partition coefficient (Wildman–Crippen LogP) is 13.5. The molecule has 0 amide bonds. The molecule has 8 bridgehead atoms. The second-order valence-electron chi connectivity index (χ2n) is 14.8. The van der Waals surface area contributed by atoms with E-state index in [0.717, 1.165) is 81.6 Å². The van der Waals surface area contributed by atoms with Crippen LogP contribution in [0.25, 0.3) is 126 Å². The third-order valence-corrected chi connectivity index (χ3v) is 11.8. The molecule has 9 aromatic carbocycles. The van der Waals surface area contributed by atoms with Crippen molar-refractivity contribution in [2.75, 3.05) is 0 Å². The Bertz CT molecular complexity index is 3860. The summed E-state index contributed by atoms with van der Waals surface area (Å²) >= 11 is 0. The number of para-hydroxylation sites is 2. The number of hydrogen-bond donors (Lipinski definition) is 0. The molecule has 0 spiro atoms. The van der Waals surface area contributed by atoms with Crippen LogP contribution in [-0.2, 0) is 0 Å². The third-order valence-electron chi connectivity index (χ3n) is 11.8. The Morgan fingerprint density at radius 2 is 0.911 bits per heavy atom. The average molecular weight is 713 g/mol. The molecule has 0 fully saturated rings. The van der Waals surface area contributed by atoms with Gasteiger partial charge >= 0.3 is 0 Å². The van der Waals surface area contributed by atoms with Crippen LogP contribution in [0.1, 0.15) is 0 Å². The van der Waals surface area contributed by atoms with Crippen LogP contribution in [-0.4, -0.2) is 19.4 Å². The van der Waals surface area contributed by atoms with E-state index in [4.69, 9.17) is 19.4 Å². The molecular formula is C51H28N4O. The monoisotopic (exact) mass is 712 g/mol. The molecule has 5 nitrogen and oxygen atoms in total. The van der Waals surface area contributed by atoms with Crippen molar-refractivity contribution in [2.24, 2.45) is 0 Å². The summed E-state index contributed by atoms with van der Waals surface area (Å²) < 4.78 is 9.23. The normalized spacial score (nSPS) is 12.3. The van der Waals surface area contributed by atoms with Crippen molar-refractivity contribution >= 4 is 114 Å². The Kier molecular flexibility index (Phi) is 5.83. The van der Waals surface area contributed by atoms with Crippen molar-refractivity contribution in [3.8, 4) is 11.4 Å². The van der Waals surface area contributed by atoms with Crippen LogP contribution < -0.4 is 0 Å². The molecule has 0 saturated carbocycles. The lowest BCUT2D eigenvalue weighted by molar-refractivity contribution is 0.675. The minimum Gasteiger partial charge on any atom is -0.453 e. The molecule has 5 heteroatoms. The predicted molar refractivity (Wildman–Crippen MR) is 232 cm³/mol. The molecule has 13 aromatic rings. The maximum Gasteiger partial charge on any atom is 0.238 e. The number of rotatable bonds is 1. The first-order chi connectivity index (χ1) is 27.7. The van der Waals surface area contributed by atoms with Gasteiger partial charge in [-0.3, -0.25) is 4.40 Å². The van der Waals surface area contributed by atoms with Crippen LogP contribution in [0.4, 0.5) is 0 Å². The van der Waals surface area contributed by atoms with Gasteiger partial charge < -0.3 is 4.42 Å². The van der Waals surface area contributed by atoms with Gasteiger partial charge in [0, 0.05) is 37.9 Å². The molecule has 0 N–H and O–H groups in total. The van der Waals surface area contributed by atoms with Crippen molar-refractivity contribution in [3.63, 3.8) is 0 Å². The summed E-state index contributed by atoms with van der Waals surface area (Å²) in [7, 11) is 0. The summed E-state index contributed by atoms with van der Waals surface area (Å²) in [6, 6.07) is 60.5. The van der Waals surface area contributed by atoms with Gasteiger partial charge in [0.25, 0.3) is 0 Å². The second kappa shape index (κ2) is 11.0. The summed E-state index contributed by atoms with van der Waals surface area (Å²) in [4.78, 5) is 16.0. The van der Waals surface area contributed by atoms with Gasteiger partial charge in [-0.25, -0.2) is 4.98 Å². The van der Waals surface area contributed by atoms with E-state index in [1.165, 1.54) is 26.9 Å². The smallest absolute Gasteiger partial charge is 0.238 e. The molecule has 0 aliphatic carbocycles. The number of fused-ring (bicyclic) bond motifs is 20. The molecule has 0 aliphatic heterocycles. The highest BCUT2D eigenvalue weighted by Gasteiger charge is 2.20. The lowest BCUT2D eigenvalue weighted by atomic mass is 9.93. The van der Waals surface area contributed by atoms with Crippen LogP contribution in [0.5, 0.6) is 0 Å². The number of aromatic nitrogens is 4. The van der Waals surface area contributed by atoms with Crippen LogP contribution in [0, 0.1) is 0 Å². The van der Waals surface area contributed by atoms with Crippen molar-refractivity contribution in [1.29, 1.82) is 0 Å². The lowest BCUT2D eigenvalue weighted by Gasteiger charge is -2.11. The highest BCUT2D eigenvalue weighted by molar-refractivity contribution is 6.26. The first-order valence-electron chi connectivity index (χ1n) is 18.9. The van der Waals surface area contributed by atoms with Crippen molar-refractivity contribution in [1.82, 2.24) is 19.4 Å². The molecule has 4 heterocycles. The molecule has 0 unspecified atom stereocenters. The topological polar surface area (TPSA) is 56.2 Å². The van der Waals surface area contributed by atoms with Gasteiger partial charge in [0.15, 0.2) is 17.1 Å². The third kappa shape index (κ3) is 4.06. The first-order valence-corrected chi connectivity index (χ1v) is 18.9. The Labute approximate surface area is 318 Å². The summed E-state index contributed by atoms with van der Waals surface area (Å²) in [5, 5.41) is 16.8. The highest BCUT2D eigenvalue weighted by Crippen LogP contribution is 2.41. The molecule has 258 valence electrons. The van der Waals surface area contributed by atoms with Gasteiger partial charge in [0.2, 0.25) is 5.78 Å². The zero-order valence-corrected chi connectivity index (χ0v) is 29.9. The van der Waals surface area contributed by atoms with E-state index >= 15 is 0 Å². The quantitative estimate of drug-likeness (QED) is 0.159. The van der Waals surface area contributed by atoms with Crippen molar-refractivity contribution in [2.45, 2.75) is 0 Å². The minimum atomic E-state index is 0.536. The summed E-state index contributed by atoms with van der Waals surface area (Å²) in [6.07, 6.45) is 0. The standard InChI is InChI=1S/C51H28N4O/c1-2-16-37-35(14-1)36-15-3-4-17-38(36)44-28-33(22-23-39(37)44)50-52-49-32-13-8-11-30(27-32)29-10-7-12-31(26-29)34-19-9-20-42-43-25-24-41-40-18-5-6-21-45(40)55(51(53-49)54-50)46(41)48(43)56-47(34)42/h1-28H. The van der Waals surface area contributed by atoms with E-state index < -0.39 is 0 Å². The molecule has 4 aromatic heterocycles. The Morgan fingerprint density at radius 3 is 1.70 bits per heavy atom. The van der Waals surface area contributed by atoms with E-state index in [1.807, 2.05) is 0 Å². The molecular weight excluding hydrogens is 685 g/mol. The molecule has 0 saturated heterocycles. The van der Waals surface area contributed by atoms with E-state index in [-0.39, 0.29) is 0 Å². The summed E-state index contributed by atoms with van der Waals surface area (Å²) in [5.41, 5.74) is 5.12. The van der Waals surface area contributed by atoms with Gasteiger partial charge in [-0.15, -0.1) is 0 Å². The van der Waals surface area contributed by atoms with Crippen LogP contribution in [0.2, 0.25) is 0 Å². The average Bonchev–Trinajstić information content (AvgIpc) is 3.82. The number of benzene rings is 9. The SMILES string of the molecule is c1cc2cc(c1)c1nc(-c3ccc4c5ccccc5c5ccccc5c4c3)nc(n1)n1c3ccccc3c3ccc4c5cccc(c6cccc2c6)c5oc4c31. The fourth-order valence-electron chi connectivity index (χ4n) is 9.21. The van der Waals surface area contributed by atoms with Gasteiger partial charge in [-0.2, -0.15) is 9.97 Å². The van der Waals surface area contributed by atoms with Crippen LogP contribution >= 0.6 is 0 Å². The lowest BCUT2D eigenvalue weighted by Crippen LogP contribution is -1.99. The Morgan fingerprint density at radius 1 is 0.357 bits per heavy atom. The number of nitrogens with zero attached hydrogens (tertiary/aromatic N) is 4. The zero-order chi connectivity index (χ0) is 36.5. The maximum absolute atomic E-state index is 7.06. The largest absolute Gasteiger partial charge is 0.453 e. The second-order valence-corrected chi connectivity index (χ2v) is 14.8. The molecule has 0 aliphatic rings. The molecule has 56 heavy (non-hydrogen) atoms. The summed E-state index contributed by atoms with van der Waals surface area (Å²) in [6.45, 7) is 0. The molecule has 13 rings (SSSR count). The first kappa shape index (κ1) is 29.8. The number of furan rings is 1. The van der Waals surface area contributed by atoms with Crippen LogP contribution in [0.3, 0.4) is 0 Å². The van der Waals surface area contributed by atoms with E-state index in [9.17, 15) is 0 Å². The molecule has 0 atom stereocenters. The van der Waals surface area contributed by atoms with E-state index in [1.54, 1.807) is 0 Å². The van der Waals surface area contributed by atoms with Gasteiger partial charge in [0.05, 0.1) is 5.52 Å². The summed E-state index contributed by atoms with van der Waals surface area (Å²) in [5.74, 6) is 1.14. The van der Waals surface area contributed by atoms with E-state index in [0.29, 0.717) is 17.2 Å². The van der Waals surface area contributed by atoms with Crippen molar-refractivity contribution in [3.05, 3.63) is 170 Å². The van der Waals surface area contributed by atoms with E-state index in [2.05, 4.69) is 174 Å². The maximum atomic E-state index is 7.06.